The zero-order chi connectivity index (χ0) is 16.3. The minimum atomic E-state index is -1.22. The molecule has 0 amide bonds. The number of benzene rings is 2. The molecule has 2 aromatic rings. The molecule has 0 radical (unpaired) electrons. The van der Waals surface area contributed by atoms with Gasteiger partial charge in [0.1, 0.15) is 0 Å². The Labute approximate surface area is 126 Å². The first-order valence-electron chi connectivity index (χ1n) is 6.47. The molecule has 0 fully saturated rings. The molecular weight excluding hydrogens is 284 g/mol. The fourth-order valence-electron chi connectivity index (χ4n) is 1.95. The number of hydrogen-bond donors (Lipinski definition) is 2. The first-order valence-corrected chi connectivity index (χ1v) is 6.47. The smallest absolute Gasteiger partial charge is 0.335 e. The summed E-state index contributed by atoms with van der Waals surface area (Å²) in [6.45, 7) is 3.85. The van der Waals surface area contributed by atoms with Crippen molar-refractivity contribution in [1.82, 2.24) is 0 Å². The minimum Gasteiger partial charge on any atom is -0.478 e. The second-order valence-corrected chi connectivity index (χ2v) is 4.87. The lowest BCUT2D eigenvalue weighted by Gasteiger charge is -2.02. The zero-order valence-corrected chi connectivity index (χ0v) is 12.1. The molecule has 0 aliphatic heterocycles. The Bertz CT molecular complexity index is 749. The van der Waals surface area contributed by atoms with E-state index >= 15 is 0 Å². The van der Waals surface area contributed by atoms with Gasteiger partial charge in [-0.1, -0.05) is 17.7 Å². The van der Waals surface area contributed by atoms with Crippen LogP contribution in [0.3, 0.4) is 0 Å². The van der Waals surface area contributed by atoms with Crippen LogP contribution in [0.15, 0.2) is 46.6 Å². The number of nitrogens with zero attached hydrogens (tertiary/aromatic N) is 2. The van der Waals surface area contributed by atoms with E-state index in [0.717, 1.165) is 17.2 Å². The highest BCUT2D eigenvalue weighted by molar-refractivity contribution is 5.95. The Morgan fingerprint density at radius 3 is 1.95 bits per heavy atom. The van der Waals surface area contributed by atoms with Crippen LogP contribution in [0.25, 0.3) is 0 Å². The predicted molar refractivity (Wildman–Crippen MR) is 80.5 cm³/mol. The molecule has 0 aliphatic carbocycles. The summed E-state index contributed by atoms with van der Waals surface area (Å²) in [6, 6.07) is 9.28. The van der Waals surface area contributed by atoms with Crippen molar-refractivity contribution < 1.29 is 19.8 Å². The van der Waals surface area contributed by atoms with Crippen molar-refractivity contribution in [2.45, 2.75) is 13.8 Å². The van der Waals surface area contributed by atoms with Gasteiger partial charge in [0.15, 0.2) is 0 Å². The maximum absolute atomic E-state index is 11.0. The third-order valence-electron chi connectivity index (χ3n) is 3.04. The highest BCUT2D eigenvalue weighted by Crippen LogP contribution is 2.24. The SMILES string of the molecule is Cc1ccc(N=Nc2cc(C(=O)O)cc(C(=O)O)c2)c(C)c1. The molecule has 2 rings (SSSR count). The van der Waals surface area contributed by atoms with Crippen molar-refractivity contribution >= 4 is 23.3 Å². The number of aryl methyl sites for hydroxylation is 2. The molecular formula is C16H14N2O4. The van der Waals surface area contributed by atoms with Gasteiger partial charge in [0.25, 0.3) is 0 Å². The quantitative estimate of drug-likeness (QED) is 0.829. The Balaban J connectivity index is 2.41. The molecule has 0 heterocycles. The molecule has 0 saturated carbocycles. The van der Waals surface area contributed by atoms with Crippen molar-refractivity contribution in [2.24, 2.45) is 10.2 Å². The number of azo groups is 1. The lowest BCUT2D eigenvalue weighted by atomic mass is 10.1. The molecule has 0 unspecified atom stereocenters. The summed E-state index contributed by atoms with van der Waals surface area (Å²) in [7, 11) is 0. The standard InChI is InChI=1S/C16H14N2O4/c1-9-3-4-14(10(2)5-9)18-17-13-7-11(15(19)20)6-12(8-13)16(21)22/h3-8H,1-2H3,(H,19,20)(H,21,22). The first-order chi connectivity index (χ1) is 10.4. The molecule has 2 aromatic carbocycles. The number of aromatic carboxylic acids is 2. The van der Waals surface area contributed by atoms with Gasteiger partial charge in [0, 0.05) is 0 Å². The summed E-state index contributed by atoms with van der Waals surface area (Å²) in [5, 5.41) is 26.0. The van der Waals surface area contributed by atoms with Gasteiger partial charge in [-0.2, -0.15) is 10.2 Å². The average Bonchev–Trinajstić information content (AvgIpc) is 2.46. The van der Waals surface area contributed by atoms with Crippen LogP contribution < -0.4 is 0 Å². The van der Waals surface area contributed by atoms with Crippen molar-refractivity contribution in [3.63, 3.8) is 0 Å². The fourth-order valence-corrected chi connectivity index (χ4v) is 1.95. The van der Waals surface area contributed by atoms with E-state index in [0.29, 0.717) is 5.69 Å². The molecule has 112 valence electrons. The largest absolute Gasteiger partial charge is 0.478 e. The van der Waals surface area contributed by atoms with Crippen LogP contribution in [0, 0.1) is 13.8 Å². The van der Waals surface area contributed by atoms with E-state index in [9.17, 15) is 9.59 Å². The molecule has 0 atom stereocenters. The average molecular weight is 298 g/mol. The van der Waals surface area contributed by atoms with Gasteiger partial charge in [-0.25, -0.2) is 9.59 Å². The maximum atomic E-state index is 11.0. The fraction of sp³-hybridized carbons (Fsp3) is 0.125. The van der Waals surface area contributed by atoms with Crippen LogP contribution in [0.1, 0.15) is 31.8 Å². The summed E-state index contributed by atoms with van der Waals surface area (Å²) in [5.74, 6) is -2.43. The van der Waals surface area contributed by atoms with Crippen LogP contribution in [0.5, 0.6) is 0 Å². The van der Waals surface area contributed by atoms with Gasteiger partial charge >= 0.3 is 11.9 Å². The topological polar surface area (TPSA) is 99.3 Å². The Morgan fingerprint density at radius 2 is 1.45 bits per heavy atom. The van der Waals surface area contributed by atoms with E-state index in [2.05, 4.69) is 10.2 Å². The Kier molecular flexibility index (Phi) is 4.31. The maximum Gasteiger partial charge on any atom is 0.335 e. The van der Waals surface area contributed by atoms with Gasteiger partial charge in [-0.05, 0) is 43.7 Å². The minimum absolute atomic E-state index is 0.144. The van der Waals surface area contributed by atoms with Crippen LogP contribution in [0.4, 0.5) is 11.4 Å². The lowest BCUT2D eigenvalue weighted by molar-refractivity contribution is 0.0696. The van der Waals surface area contributed by atoms with E-state index in [1.807, 2.05) is 26.0 Å². The van der Waals surface area contributed by atoms with Crippen LogP contribution in [0.2, 0.25) is 0 Å². The zero-order valence-electron chi connectivity index (χ0n) is 12.1. The molecule has 6 heteroatoms. The van der Waals surface area contributed by atoms with E-state index < -0.39 is 11.9 Å². The second-order valence-electron chi connectivity index (χ2n) is 4.87. The molecule has 6 nitrogen and oxygen atoms in total. The molecule has 0 saturated heterocycles. The molecule has 22 heavy (non-hydrogen) atoms. The van der Waals surface area contributed by atoms with Gasteiger partial charge in [-0.15, -0.1) is 0 Å². The number of carboxylic acids is 2. The molecule has 2 N–H and O–H groups in total. The van der Waals surface area contributed by atoms with Gasteiger partial charge in [0.05, 0.1) is 22.5 Å². The monoisotopic (exact) mass is 298 g/mol. The van der Waals surface area contributed by atoms with Gasteiger partial charge in [-0.3, -0.25) is 0 Å². The van der Waals surface area contributed by atoms with E-state index in [1.165, 1.54) is 12.1 Å². The van der Waals surface area contributed by atoms with Gasteiger partial charge < -0.3 is 10.2 Å². The summed E-state index contributed by atoms with van der Waals surface area (Å²) in [6.07, 6.45) is 0. The summed E-state index contributed by atoms with van der Waals surface area (Å²) < 4.78 is 0. The normalized spacial score (nSPS) is 10.8. The highest BCUT2D eigenvalue weighted by Gasteiger charge is 2.11. The molecule has 0 spiro atoms. The second kappa shape index (κ2) is 6.17. The van der Waals surface area contributed by atoms with Crippen molar-refractivity contribution in [2.75, 3.05) is 0 Å². The summed E-state index contributed by atoms with van der Waals surface area (Å²) in [4.78, 5) is 22.1. The summed E-state index contributed by atoms with van der Waals surface area (Å²) >= 11 is 0. The number of carboxylic acid groups (broad SMARTS) is 2. The van der Waals surface area contributed by atoms with E-state index in [-0.39, 0.29) is 16.8 Å². The predicted octanol–water partition coefficient (Wildman–Crippen LogP) is 4.12. The third kappa shape index (κ3) is 3.54. The molecule has 0 bridgehead atoms. The third-order valence-corrected chi connectivity index (χ3v) is 3.04. The van der Waals surface area contributed by atoms with Crippen LogP contribution >= 0.6 is 0 Å². The van der Waals surface area contributed by atoms with Crippen molar-refractivity contribution in [1.29, 1.82) is 0 Å². The molecule has 0 aromatic heterocycles. The van der Waals surface area contributed by atoms with Crippen molar-refractivity contribution in [3.8, 4) is 0 Å². The first kappa shape index (κ1) is 15.4. The Morgan fingerprint density at radius 1 is 0.864 bits per heavy atom. The van der Waals surface area contributed by atoms with Crippen LogP contribution in [-0.2, 0) is 0 Å². The van der Waals surface area contributed by atoms with Gasteiger partial charge in [0.2, 0.25) is 0 Å². The van der Waals surface area contributed by atoms with Crippen LogP contribution in [-0.4, -0.2) is 22.2 Å². The Hall–Kier alpha value is -3.02. The van der Waals surface area contributed by atoms with Crippen molar-refractivity contribution in [3.05, 3.63) is 58.7 Å². The number of rotatable bonds is 4. The number of hydrogen-bond acceptors (Lipinski definition) is 4. The van der Waals surface area contributed by atoms with E-state index in [1.54, 1.807) is 6.07 Å². The summed E-state index contributed by atoms with van der Waals surface area (Å²) in [5.41, 5.74) is 2.55. The lowest BCUT2D eigenvalue weighted by Crippen LogP contribution is -2.01. The van der Waals surface area contributed by atoms with E-state index in [4.69, 9.17) is 10.2 Å². The highest BCUT2D eigenvalue weighted by atomic mass is 16.4. The number of carbonyl (C=O) groups is 2. The molecule has 0 aliphatic rings.